The average Bonchev–Trinajstić information content (AvgIpc) is 3.01. The lowest BCUT2D eigenvalue weighted by atomic mass is 9.82. The second-order valence-corrected chi connectivity index (χ2v) is 7.09. The zero-order valence-electron chi connectivity index (χ0n) is 11.3. The van der Waals surface area contributed by atoms with Gasteiger partial charge in [-0.3, -0.25) is 0 Å². The van der Waals surface area contributed by atoms with Gasteiger partial charge in [-0.05, 0) is 68.7 Å². The molecule has 2 bridgehead atoms. The molecule has 0 aromatic heterocycles. The van der Waals surface area contributed by atoms with Gasteiger partial charge in [-0.15, -0.1) is 0 Å². The van der Waals surface area contributed by atoms with E-state index in [0.29, 0.717) is 0 Å². The van der Waals surface area contributed by atoms with Gasteiger partial charge >= 0.3 is 0 Å². The van der Waals surface area contributed by atoms with E-state index in [2.05, 4.69) is 21.2 Å². The van der Waals surface area contributed by atoms with E-state index in [0.717, 1.165) is 34.2 Å². The molecule has 1 nitrogen and oxygen atoms in total. The van der Waals surface area contributed by atoms with Gasteiger partial charge in [-0.2, -0.15) is 0 Å². The molecule has 4 unspecified atom stereocenters. The minimum Gasteiger partial charge on any atom is -0.313 e. The van der Waals surface area contributed by atoms with Gasteiger partial charge in [-0.1, -0.05) is 22.4 Å². The first-order valence-corrected chi connectivity index (χ1v) is 8.09. The molecule has 0 radical (unpaired) electrons. The molecule has 2 fully saturated rings. The van der Waals surface area contributed by atoms with Crippen LogP contribution in [0, 0.1) is 23.6 Å². The number of nitrogens with one attached hydrogen (secondary N) is 1. The third kappa shape index (κ3) is 2.73. The van der Waals surface area contributed by atoms with Crippen molar-refractivity contribution in [1.29, 1.82) is 0 Å². The Labute approximate surface area is 123 Å². The van der Waals surface area contributed by atoms with Crippen molar-refractivity contribution in [1.82, 2.24) is 5.32 Å². The van der Waals surface area contributed by atoms with Crippen molar-refractivity contribution < 1.29 is 4.39 Å². The van der Waals surface area contributed by atoms with Gasteiger partial charge in [0.2, 0.25) is 0 Å². The van der Waals surface area contributed by atoms with Crippen molar-refractivity contribution >= 4 is 15.9 Å². The minimum atomic E-state index is -0.0919. The number of benzene rings is 1. The van der Waals surface area contributed by atoms with Crippen LogP contribution in [-0.2, 0) is 0 Å². The topological polar surface area (TPSA) is 12.0 Å². The van der Waals surface area contributed by atoms with Gasteiger partial charge in [0.1, 0.15) is 5.82 Å². The second-order valence-electron chi connectivity index (χ2n) is 6.18. The summed E-state index contributed by atoms with van der Waals surface area (Å²) in [7, 11) is 1.94. The zero-order chi connectivity index (χ0) is 13.4. The lowest BCUT2D eigenvalue weighted by Gasteiger charge is -2.27. The summed E-state index contributed by atoms with van der Waals surface area (Å²) in [4.78, 5) is 0. The highest BCUT2D eigenvalue weighted by Crippen LogP contribution is 2.51. The van der Waals surface area contributed by atoms with Gasteiger partial charge in [0.25, 0.3) is 0 Å². The fourth-order valence-electron chi connectivity index (χ4n) is 4.15. The summed E-state index contributed by atoms with van der Waals surface area (Å²) in [5.41, 5.74) is 0.805. The van der Waals surface area contributed by atoms with Crippen molar-refractivity contribution in [3.63, 3.8) is 0 Å². The maximum absolute atomic E-state index is 14.0. The summed E-state index contributed by atoms with van der Waals surface area (Å²) in [6.45, 7) is 0. The van der Waals surface area contributed by atoms with Crippen LogP contribution in [0.4, 0.5) is 4.39 Å². The van der Waals surface area contributed by atoms with Gasteiger partial charge in [0.05, 0.1) is 0 Å². The molecule has 2 aliphatic rings. The molecule has 1 aromatic rings. The lowest BCUT2D eigenvalue weighted by Crippen LogP contribution is -2.23. The Balaban J connectivity index is 1.75. The van der Waals surface area contributed by atoms with Crippen LogP contribution in [0.15, 0.2) is 22.7 Å². The van der Waals surface area contributed by atoms with Crippen LogP contribution in [0.1, 0.15) is 43.7 Å². The normalized spacial score (nSPS) is 30.8. The predicted molar refractivity (Wildman–Crippen MR) is 79.5 cm³/mol. The maximum atomic E-state index is 14.0. The zero-order valence-corrected chi connectivity index (χ0v) is 12.9. The number of rotatable bonds is 4. The van der Waals surface area contributed by atoms with Crippen molar-refractivity contribution in [2.45, 2.75) is 38.1 Å². The summed E-state index contributed by atoms with van der Waals surface area (Å²) in [5.74, 6) is 2.55. The van der Waals surface area contributed by atoms with E-state index >= 15 is 0 Å². The van der Waals surface area contributed by atoms with Crippen molar-refractivity contribution in [3.05, 3.63) is 34.1 Å². The monoisotopic (exact) mass is 325 g/mol. The molecule has 3 heteroatoms. The van der Waals surface area contributed by atoms with Crippen LogP contribution in [0.5, 0.6) is 0 Å². The molecule has 0 heterocycles. The average molecular weight is 326 g/mol. The third-order valence-corrected chi connectivity index (χ3v) is 5.60. The van der Waals surface area contributed by atoms with E-state index in [1.54, 1.807) is 12.1 Å². The first kappa shape index (κ1) is 13.6. The van der Waals surface area contributed by atoms with E-state index < -0.39 is 0 Å². The van der Waals surface area contributed by atoms with Crippen molar-refractivity contribution in [3.8, 4) is 0 Å². The summed E-state index contributed by atoms with van der Waals surface area (Å²) in [6.07, 6.45) is 6.68. The molecule has 2 saturated carbocycles. The Morgan fingerprint density at radius 2 is 2.21 bits per heavy atom. The van der Waals surface area contributed by atoms with Gasteiger partial charge < -0.3 is 5.32 Å². The molecule has 104 valence electrons. The summed E-state index contributed by atoms with van der Waals surface area (Å²) < 4.78 is 15.0. The molecular formula is C16H21BrFN. The summed E-state index contributed by atoms with van der Waals surface area (Å²) in [6, 6.07) is 5.39. The van der Waals surface area contributed by atoms with Crippen molar-refractivity contribution in [2.75, 3.05) is 7.05 Å². The van der Waals surface area contributed by atoms with Gasteiger partial charge in [0.15, 0.2) is 0 Å². The molecule has 1 N–H and O–H groups in total. The Hall–Kier alpha value is -0.410. The highest BCUT2D eigenvalue weighted by atomic mass is 79.9. The second kappa shape index (κ2) is 5.53. The van der Waals surface area contributed by atoms with Crippen LogP contribution in [0.25, 0.3) is 0 Å². The molecule has 0 amide bonds. The highest BCUT2D eigenvalue weighted by molar-refractivity contribution is 9.10. The molecule has 1 aromatic carbocycles. The standard InChI is InChI=1S/C16H21BrFN/c1-19-16(14-9-13(17)4-5-15(14)18)8-12-7-10-2-3-11(12)6-10/h4-5,9-12,16,19H,2-3,6-8H2,1H3. The molecule has 0 aliphatic heterocycles. The summed E-state index contributed by atoms with van der Waals surface area (Å²) in [5, 5.41) is 3.31. The molecule has 4 atom stereocenters. The highest BCUT2D eigenvalue weighted by Gasteiger charge is 2.40. The molecule has 19 heavy (non-hydrogen) atoms. The molecular weight excluding hydrogens is 305 g/mol. The Morgan fingerprint density at radius 3 is 2.84 bits per heavy atom. The van der Waals surface area contributed by atoms with Crippen LogP contribution < -0.4 is 5.32 Å². The molecule has 0 saturated heterocycles. The summed E-state index contributed by atoms with van der Waals surface area (Å²) >= 11 is 3.44. The van der Waals surface area contributed by atoms with Gasteiger partial charge in [0, 0.05) is 16.1 Å². The number of halogens is 2. The quantitative estimate of drug-likeness (QED) is 0.847. The lowest BCUT2D eigenvalue weighted by molar-refractivity contribution is 0.282. The fourth-order valence-corrected chi connectivity index (χ4v) is 4.53. The number of hydrogen-bond donors (Lipinski definition) is 1. The number of hydrogen-bond acceptors (Lipinski definition) is 1. The van der Waals surface area contributed by atoms with Crippen LogP contribution >= 0.6 is 15.9 Å². The molecule has 3 rings (SSSR count). The molecule has 0 spiro atoms. The Kier molecular flexibility index (Phi) is 3.95. The first-order valence-electron chi connectivity index (χ1n) is 7.29. The first-order chi connectivity index (χ1) is 9.17. The molecule has 2 aliphatic carbocycles. The third-order valence-electron chi connectivity index (χ3n) is 5.10. The maximum Gasteiger partial charge on any atom is 0.128 e. The van der Waals surface area contributed by atoms with Crippen LogP contribution in [-0.4, -0.2) is 7.05 Å². The van der Waals surface area contributed by atoms with E-state index in [9.17, 15) is 4.39 Å². The van der Waals surface area contributed by atoms with E-state index in [1.807, 2.05) is 13.1 Å². The number of fused-ring (bicyclic) bond motifs is 2. The van der Waals surface area contributed by atoms with E-state index in [1.165, 1.54) is 25.7 Å². The smallest absolute Gasteiger partial charge is 0.128 e. The van der Waals surface area contributed by atoms with Crippen molar-refractivity contribution in [2.24, 2.45) is 17.8 Å². The largest absolute Gasteiger partial charge is 0.313 e. The van der Waals surface area contributed by atoms with Crippen LogP contribution in [0.3, 0.4) is 0 Å². The minimum absolute atomic E-state index is 0.0919. The Morgan fingerprint density at radius 1 is 1.37 bits per heavy atom. The predicted octanol–water partition coefficient (Wildman–Crippen LogP) is 4.68. The van der Waals surface area contributed by atoms with Crippen LogP contribution in [0.2, 0.25) is 0 Å². The van der Waals surface area contributed by atoms with E-state index in [-0.39, 0.29) is 11.9 Å². The van der Waals surface area contributed by atoms with E-state index in [4.69, 9.17) is 0 Å². The SMILES string of the molecule is CNC(CC1CC2CCC1C2)c1cc(Br)ccc1F. The van der Waals surface area contributed by atoms with Gasteiger partial charge in [-0.25, -0.2) is 4.39 Å². The Bertz CT molecular complexity index is 462. The fraction of sp³-hybridized carbons (Fsp3) is 0.625.